The minimum atomic E-state index is -0.797. The van der Waals surface area contributed by atoms with Crippen LogP contribution >= 0.6 is 0 Å². The van der Waals surface area contributed by atoms with Gasteiger partial charge >= 0.3 is 12.0 Å². The number of anilines is 1. The van der Waals surface area contributed by atoms with Crippen LogP contribution in [0, 0.1) is 0 Å². The molecular weight excluding hydrogens is 320 g/mol. The molecule has 6 nitrogen and oxygen atoms in total. The van der Waals surface area contributed by atoms with Crippen molar-refractivity contribution in [2.24, 2.45) is 0 Å². The lowest BCUT2D eigenvalue weighted by molar-refractivity contribution is 0.0377. The Labute approximate surface area is 145 Å². The Morgan fingerprint density at radius 2 is 2.04 bits per heavy atom. The van der Waals surface area contributed by atoms with Gasteiger partial charge in [-0.2, -0.15) is 0 Å². The molecule has 0 radical (unpaired) electrons. The molecule has 2 atom stereocenters. The highest BCUT2D eigenvalue weighted by Gasteiger charge is 2.49. The topological polar surface area (TPSA) is 67.9 Å². The van der Waals surface area contributed by atoms with Gasteiger partial charge in [-0.1, -0.05) is 18.2 Å². The fourth-order valence-electron chi connectivity index (χ4n) is 3.59. The molecule has 2 heterocycles. The second-order valence-electron chi connectivity index (χ2n) is 6.40. The maximum atomic E-state index is 12.7. The smallest absolute Gasteiger partial charge is 0.337 e. The monoisotopic (exact) mass is 338 g/mol. The molecule has 0 spiro atoms. The Bertz CT molecular complexity index is 852. The van der Waals surface area contributed by atoms with E-state index in [2.05, 4.69) is 5.32 Å². The first kappa shape index (κ1) is 15.5. The Morgan fingerprint density at radius 1 is 1.28 bits per heavy atom. The number of carbonyl (C=O) groups is 2. The summed E-state index contributed by atoms with van der Waals surface area (Å²) in [6.07, 6.45) is 0.575. The highest BCUT2D eigenvalue weighted by atomic mass is 16.5. The van der Waals surface area contributed by atoms with Crippen LogP contribution in [0.25, 0.3) is 0 Å². The van der Waals surface area contributed by atoms with Gasteiger partial charge in [0.2, 0.25) is 0 Å². The number of ether oxygens (including phenoxy) is 2. The van der Waals surface area contributed by atoms with Gasteiger partial charge in [0.15, 0.2) is 5.72 Å². The molecule has 1 saturated heterocycles. The van der Waals surface area contributed by atoms with Crippen LogP contribution in [-0.4, -0.2) is 24.8 Å². The molecule has 128 valence electrons. The number of esters is 1. The first-order valence-electron chi connectivity index (χ1n) is 8.09. The van der Waals surface area contributed by atoms with E-state index in [1.54, 1.807) is 23.1 Å². The van der Waals surface area contributed by atoms with Crippen molar-refractivity contribution >= 4 is 17.7 Å². The standard InChI is InChI=1S/C19H18N2O4/c1-19-11-15(20-18(23)21(19)13-6-4-3-5-7-13)14-10-12(17(22)24-2)8-9-16(14)25-19/h3-10,15H,11H2,1-2H3,(H,20,23)/t15-,19+/m0/s1. The summed E-state index contributed by atoms with van der Waals surface area (Å²) in [7, 11) is 1.34. The zero-order valence-electron chi connectivity index (χ0n) is 14.0. The molecule has 1 fully saturated rings. The molecule has 25 heavy (non-hydrogen) atoms. The summed E-state index contributed by atoms with van der Waals surface area (Å²) in [6.45, 7) is 1.91. The molecule has 2 aromatic carbocycles. The fourth-order valence-corrected chi connectivity index (χ4v) is 3.59. The van der Waals surface area contributed by atoms with Crippen molar-refractivity contribution in [1.29, 1.82) is 0 Å². The quantitative estimate of drug-likeness (QED) is 0.854. The molecule has 0 saturated carbocycles. The first-order valence-corrected chi connectivity index (χ1v) is 8.09. The Kier molecular flexibility index (Phi) is 3.42. The van der Waals surface area contributed by atoms with Crippen molar-refractivity contribution in [3.05, 3.63) is 59.7 Å². The van der Waals surface area contributed by atoms with Gasteiger partial charge in [-0.05, 0) is 37.3 Å². The summed E-state index contributed by atoms with van der Waals surface area (Å²) in [5.74, 6) is 0.247. The third kappa shape index (κ3) is 2.41. The molecule has 2 aliphatic heterocycles. The van der Waals surface area contributed by atoms with Crippen molar-refractivity contribution < 1.29 is 19.1 Å². The number of nitrogens with zero attached hydrogens (tertiary/aromatic N) is 1. The third-order valence-electron chi connectivity index (χ3n) is 4.71. The molecule has 2 aliphatic rings. The molecule has 2 bridgehead atoms. The molecule has 4 rings (SSSR count). The van der Waals surface area contributed by atoms with Crippen LogP contribution < -0.4 is 15.0 Å². The van der Waals surface area contributed by atoms with Gasteiger partial charge in [0.05, 0.1) is 18.7 Å². The second kappa shape index (κ2) is 5.51. The van der Waals surface area contributed by atoms with Gasteiger partial charge in [0, 0.05) is 17.7 Å². The number of amides is 2. The molecule has 0 aromatic heterocycles. The summed E-state index contributed by atoms with van der Waals surface area (Å²) in [4.78, 5) is 26.2. The number of urea groups is 1. The molecule has 0 unspecified atom stereocenters. The molecule has 6 heteroatoms. The van der Waals surface area contributed by atoms with E-state index >= 15 is 0 Å². The maximum Gasteiger partial charge on any atom is 0.337 e. The van der Waals surface area contributed by atoms with E-state index in [0.717, 1.165) is 11.3 Å². The van der Waals surface area contributed by atoms with E-state index in [9.17, 15) is 9.59 Å². The molecule has 2 amide bonds. The minimum Gasteiger partial charge on any atom is -0.467 e. The van der Waals surface area contributed by atoms with Crippen LogP contribution in [0.1, 0.15) is 35.3 Å². The van der Waals surface area contributed by atoms with Crippen molar-refractivity contribution in [2.45, 2.75) is 25.1 Å². The van der Waals surface area contributed by atoms with E-state index in [4.69, 9.17) is 9.47 Å². The van der Waals surface area contributed by atoms with Crippen LogP contribution in [0.4, 0.5) is 10.5 Å². The number of fused-ring (bicyclic) bond motifs is 4. The van der Waals surface area contributed by atoms with Crippen LogP contribution in [0.2, 0.25) is 0 Å². The van der Waals surface area contributed by atoms with Crippen LogP contribution in [0.3, 0.4) is 0 Å². The molecular formula is C19H18N2O4. The average molecular weight is 338 g/mol. The Morgan fingerprint density at radius 3 is 2.76 bits per heavy atom. The summed E-state index contributed by atoms with van der Waals surface area (Å²) in [5.41, 5.74) is 1.21. The predicted octanol–water partition coefficient (Wildman–Crippen LogP) is 3.24. The number of benzene rings is 2. The minimum absolute atomic E-state index is 0.217. The van der Waals surface area contributed by atoms with Crippen molar-refractivity contribution in [1.82, 2.24) is 5.32 Å². The molecule has 1 N–H and O–H groups in total. The van der Waals surface area contributed by atoms with Gasteiger partial charge in [-0.25, -0.2) is 9.59 Å². The van der Waals surface area contributed by atoms with Crippen LogP contribution in [-0.2, 0) is 4.74 Å². The number of methoxy groups -OCH3 is 1. The molecule has 0 aliphatic carbocycles. The van der Waals surface area contributed by atoms with E-state index < -0.39 is 11.7 Å². The second-order valence-corrected chi connectivity index (χ2v) is 6.40. The summed E-state index contributed by atoms with van der Waals surface area (Å²) < 4.78 is 11.0. The van der Waals surface area contributed by atoms with Gasteiger partial charge < -0.3 is 14.8 Å². The number of hydrogen-bond acceptors (Lipinski definition) is 4. The van der Waals surface area contributed by atoms with Crippen LogP contribution in [0.5, 0.6) is 5.75 Å². The Balaban J connectivity index is 1.76. The average Bonchev–Trinajstić information content (AvgIpc) is 2.61. The first-order chi connectivity index (χ1) is 12.0. The maximum absolute atomic E-state index is 12.7. The molecule has 2 aromatic rings. The number of carbonyl (C=O) groups excluding carboxylic acids is 2. The van der Waals surface area contributed by atoms with Gasteiger partial charge in [0.1, 0.15) is 5.75 Å². The number of nitrogens with one attached hydrogen (secondary N) is 1. The van der Waals surface area contributed by atoms with Gasteiger partial charge in [-0.15, -0.1) is 0 Å². The van der Waals surface area contributed by atoms with E-state index in [0.29, 0.717) is 17.7 Å². The lowest BCUT2D eigenvalue weighted by Crippen LogP contribution is -2.65. The lowest BCUT2D eigenvalue weighted by Gasteiger charge is -2.50. The summed E-state index contributed by atoms with van der Waals surface area (Å²) >= 11 is 0. The SMILES string of the molecule is COC(=O)c1ccc2c(c1)[C@@H]1C[C@@](C)(O2)N(c2ccccc2)C(=O)N1. The zero-order chi connectivity index (χ0) is 17.6. The predicted molar refractivity (Wildman–Crippen MR) is 91.6 cm³/mol. The fraction of sp³-hybridized carbons (Fsp3) is 0.263. The zero-order valence-corrected chi connectivity index (χ0v) is 14.0. The van der Waals surface area contributed by atoms with Crippen molar-refractivity contribution in [2.75, 3.05) is 12.0 Å². The summed E-state index contributed by atoms with van der Waals surface area (Å²) in [6, 6.07) is 14.1. The van der Waals surface area contributed by atoms with Gasteiger partial charge in [-0.3, -0.25) is 4.90 Å². The largest absolute Gasteiger partial charge is 0.467 e. The number of para-hydroxylation sites is 1. The van der Waals surface area contributed by atoms with Crippen LogP contribution in [0.15, 0.2) is 48.5 Å². The highest BCUT2D eigenvalue weighted by Crippen LogP contribution is 2.45. The van der Waals surface area contributed by atoms with E-state index in [1.807, 2.05) is 37.3 Å². The summed E-state index contributed by atoms with van der Waals surface area (Å²) in [5, 5.41) is 3.02. The van der Waals surface area contributed by atoms with Crippen molar-refractivity contribution in [3.8, 4) is 5.75 Å². The van der Waals surface area contributed by atoms with Gasteiger partial charge in [0.25, 0.3) is 0 Å². The van der Waals surface area contributed by atoms with E-state index in [-0.39, 0.29) is 12.1 Å². The lowest BCUT2D eigenvalue weighted by atomic mass is 9.89. The normalized spacial score (nSPS) is 24.0. The highest BCUT2D eigenvalue weighted by molar-refractivity contribution is 5.95. The van der Waals surface area contributed by atoms with Crippen molar-refractivity contribution in [3.63, 3.8) is 0 Å². The Hall–Kier alpha value is -3.02. The third-order valence-corrected chi connectivity index (χ3v) is 4.71. The number of rotatable bonds is 2. The number of hydrogen-bond donors (Lipinski definition) is 1. The van der Waals surface area contributed by atoms with E-state index in [1.165, 1.54) is 7.11 Å².